The Morgan fingerprint density at radius 1 is 1.14 bits per heavy atom. The Morgan fingerprint density at radius 3 is 2.50 bits per heavy atom. The predicted molar refractivity (Wildman–Crippen MR) is 92.9 cm³/mol. The first kappa shape index (κ1) is 17.7. The van der Waals surface area contributed by atoms with Crippen molar-refractivity contribution in [3.8, 4) is 0 Å². The van der Waals surface area contributed by atoms with Crippen LogP contribution in [0.5, 0.6) is 0 Å². The highest BCUT2D eigenvalue weighted by atomic mass is 16.5. The van der Waals surface area contributed by atoms with Gasteiger partial charge >= 0.3 is 0 Å². The van der Waals surface area contributed by atoms with Gasteiger partial charge in [0.05, 0.1) is 17.3 Å². The van der Waals surface area contributed by atoms with Crippen molar-refractivity contribution >= 4 is 0 Å². The fraction of sp³-hybridized carbons (Fsp3) is 0.800. The van der Waals surface area contributed by atoms with Crippen molar-refractivity contribution in [2.24, 2.45) is 5.92 Å². The summed E-state index contributed by atoms with van der Waals surface area (Å²) in [4.78, 5) is 0. The summed E-state index contributed by atoms with van der Waals surface area (Å²) in [6.45, 7) is 11.0. The zero-order chi connectivity index (χ0) is 16.4. The van der Waals surface area contributed by atoms with Crippen LogP contribution in [0.25, 0.3) is 0 Å². The Bertz CT molecular complexity index is 449. The molecule has 1 N–H and O–H groups in total. The number of allylic oxidation sites excluding steroid dienone is 3. The summed E-state index contributed by atoms with van der Waals surface area (Å²) in [5, 5.41) is 10.7. The van der Waals surface area contributed by atoms with Crippen LogP contribution in [0.2, 0.25) is 0 Å². The lowest BCUT2D eigenvalue weighted by Gasteiger charge is -2.38. The Hall–Kier alpha value is -0.600. The molecule has 2 heterocycles. The molecule has 126 valence electrons. The second kappa shape index (κ2) is 6.88. The molecule has 0 amide bonds. The van der Waals surface area contributed by atoms with Gasteiger partial charge in [0.2, 0.25) is 0 Å². The SMILES string of the molecule is CC1=CCC/C(C)=C\CC2(C(C)C)CCC(C)(O2)C(O)CC1. The predicted octanol–water partition coefficient (Wildman–Crippen LogP) is 5.17. The first-order valence-electron chi connectivity index (χ1n) is 8.97. The van der Waals surface area contributed by atoms with Gasteiger partial charge in [0.15, 0.2) is 0 Å². The minimum atomic E-state index is -0.389. The molecule has 0 saturated carbocycles. The van der Waals surface area contributed by atoms with E-state index in [-0.39, 0.29) is 17.3 Å². The van der Waals surface area contributed by atoms with Gasteiger partial charge in [-0.1, -0.05) is 37.1 Å². The maximum absolute atomic E-state index is 10.7. The fourth-order valence-corrected chi connectivity index (χ4v) is 3.81. The van der Waals surface area contributed by atoms with Gasteiger partial charge in [-0.15, -0.1) is 0 Å². The molecule has 3 atom stereocenters. The van der Waals surface area contributed by atoms with Crippen LogP contribution in [0.4, 0.5) is 0 Å². The van der Waals surface area contributed by atoms with Crippen LogP contribution in [-0.2, 0) is 4.74 Å². The van der Waals surface area contributed by atoms with Crippen molar-refractivity contribution < 1.29 is 9.84 Å². The molecule has 1 fully saturated rings. The summed E-state index contributed by atoms with van der Waals surface area (Å²) in [5.74, 6) is 0.468. The minimum absolute atomic E-state index is 0.104. The molecule has 0 radical (unpaired) electrons. The van der Waals surface area contributed by atoms with Crippen LogP contribution in [0, 0.1) is 5.92 Å². The van der Waals surface area contributed by atoms with E-state index < -0.39 is 0 Å². The molecule has 2 aliphatic rings. The van der Waals surface area contributed by atoms with Gasteiger partial charge in [0, 0.05) is 0 Å². The third kappa shape index (κ3) is 3.83. The molecule has 3 unspecified atom stereocenters. The van der Waals surface area contributed by atoms with Crippen molar-refractivity contribution in [2.45, 2.75) is 96.9 Å². The number of ether oxygens (including phenoxy) is 1. The molecule has 0 aromatic heterocycles. The van der Waals surface area contributed by atoms with Gasteiger partial charge in [0.1, 0.15) is 0 Å². The molecule has 2 bridgehead atoms. The van der Waals surface area contributed by atoms with Crippen molar-refractivity contribution in [2.75, 3.05) is 0 Å². The Kier molecular flexibility index (Phi) is 5.55. The average Bonchev–Trinajstić information content (AvgIpc) is 2.82. The molecular weight excluding hydrogens is 272 g/mol. The van der Waals surface area contributed by atoms with Gasteiger partial charge in [-0.25, -0.2) is 0 Å². The van der Waals surface area contributed by atoms with Crippen LogP contribution in [-0.4, -0.2) is 22.4 Å². The van der Waals surface area contributed by atoms with Crippen LogP contribution in [0.1, 0.15) is 79.6 Å². The number of aliphatic hydroxyl groups is 1. The van der Waals surface area contributed by atoms with E-state index in [0.29, 0.717) is 5.92 Å². The quantitative estimate of drug-likeness (QED) is 0.677. The molecule has 2 heteroatoms. The summed E-state index contributed by atoms with van der Waals surface area (Å²) in [6.07, 6.45) is 11.3. The first-order chi connectivity index (χ1) is 10.3. The average molecular weight is 306 g/mol. The van der Waals surface area contributed by atoms with Crippen molar-refractivity contribution in [3.05, 3.63) is 23.3 Å². The third-order valence-electron chi connectivity index (χ3n) is 5.88. The molecule has 22 heavy (non-hydrogen) atoms. The van der Waals surface area contributed by atoms with E-state index in [1.54, 1.807) is 0 Å². The molecule has 0 aromatic carbocycles. The summed E-state index contributed by atoms with van der Waals surface area (Å²) in [6, 6.07) is 0. The molecule has 1 saturated heterocycles. The molecule has 2 aliphatic heterocycles. The Balaban J connectivity index is 2.27. The van der Waals surface area contributed by atoms with E-state index in [2.05, 4.69) is 46.8 Å². The Labute approximate surface area is 136 Å². The van der Waals surface area contributed by atoms with Crippen molar-refractivity contribution in [1.82, 2.24) is 0 Å². The number of fused-ring (bicyclic) bond motifs is 2. The van der Waals surface area contributed by atoms with Crippen LogP contribution >= 0.6 is 0 Å². The van der Waals surface area contributed by atoms with Crippen molar-refractivity contribution in [3.63, 3.8) is 0 Å². The van der Waals surface area contributed by atoms with E-state index in [0.717, 1.165) is 44.9 Å². The normalized spacial score (nSPS) is 40.2. The second-order valence-electron chi connectivity index (χ2n) is 8.03. The van der Waals surface area contributed by atoms with E-state index in [1.165, 1.54) is 11.1 Å². The topological polar surface area (TPSA) is 29.5 Å². The van der Waals surface area contributed by atoms with Gasteiger partial charge < -0.3 is 9.84 Å². The number of hydrogen-bond acceptors (Lipinski definition) is 2. The summed E-state index contributed by atoms with van der Waals surface area (Å²) < 4.78 is 6.59. The second-order valence-corrected chi connectivity index (χ2v) is 8.03. The lowest BCUT2D eigenvalue weighted by Crippen LogP contribution is -2.44. The lowest BCUT2D eigenvalue weighted by molar-refractivity contribution is -0.162. The maximum atomic E-state index is 10.7. The Morgan fingerprint density at radius 2 is 1.82 bits per heavy atom. The molecule has 2 nitrogen and oxygen atoms in total. The van der Waals surface area contributed by atoms with E-state index in [4.69, 9.17) is 4.74 Å². The minimum Gasteiger partial charge on any atom is -0.390 e. The first-order valence-corrected chi connectivity index (χ1v) is 8.97. The standard InChI is InChI=1S/C20H34O2/c1-15(2)20-12-11-17(4)8-6-7-16(3)9-10-18(21)19(5,22-20)13-14-20/h7,11,15,18,21H,6,8-10,12-14H2,1-5H3/b16-7?,17-11-. The smallest absolute Gasteiger partial charge is 0.0921 e. The highest BCUT2D eigenvalue weighted by Gasteiger charge is 2.50. The van der Waals surface area contributed by atoms with Gasteiger partial charge in [0.25, 0.3) is 0 Å². The summed E-state index contributed by atoms with van der Waals surface area (Å²) in [5.41, 5.74) is 2.36. The largest absolute Gasteiger partial charge is 0.390 e. The summed E-state index contributed by atoms with van der Waals surface area (Å²) in [7, 11) is 0. The fourth-order valence-electron chi connectivity index (χ4n) is 3.81. The lowest BCUT2D eigenvalue weighted by atomic mass is 9.82. The maximum Gasteiger partial charge on any atom is 0.0921 e. The van der Waals surface area contributed by atoms with E-state index in [9.17, 15) is 5.11 Å². The van der Waals surface area contributed by atoms with E-state index >= 15 is 0 Å². The number of aliphatic hydroxyl groups excluding tert-OH is 1. The van der Waals surface area contributed by atoms with Gasteiger partial charge in [-0.3, -0.25) is 0 Å². The highest BCUT2D eigenvalue weighted by Crippen LogP contribution is 2.47. The third-order valence-corrected chi connectivity index (χ3v) is 5.88. The van der Waals surface area contributed by atoms with Gasteiger partial charge in [-0.05, 0) is 71.6 Å². The molecule has 0 aromatic rings. The molecule has 2 rings (SSSR count). The highest BCUT2D eigenvalue weighted by molar-refractivity contribution is 5.10. The molecular formula is C20H34O2. The number of hydrogen-bond donors (Lipinski definition) is 1. The van der Waals surface area contributed by atoms with E-state index in [1.807, 2.05) is 0 Å². The van der Waals surface area contributed by atoms with Crippen LogP contribution in [0.15, 0.2) is 23.3 Å². The zero-order valence-corrected chi connectivity index (χ0v) is 15.1. The summed E-state index contributed by atoms with van der Waals surface area (Å²) >= 11 is 0. The van der Waals surface area contributed by atoms with Gasteiger partial charge in [-0.2, -0.15) is 0 Å². The zero-order valence-electron chi connectivity index (χ0n) is 15.1. The van der Waals surface area contributed by atoms with Crippen molar-refractivity contribution in [1.29, 1.82) is 0 Å². The van der Waals surface area contributed by atoms with Crippen LogP contribution in [0.3, 0.4) is 0 Å². The number of rotatable bonds is 1. The molecule has 0 spiro atoms. The van der Waals surface area contributed by atoms with Crippen LogP contribution < -0.4 is 0 Å². The monoisotopic (exact) mass is 306 g/mol. The molecule has 0 aliphatic carbocycles.